The fourth-order valence-corrected chi connectivity index (χ4v) is 3.60. The molecule has 0 bridgehead atoms. The van der Waals surface area contributed by atoms with E-state index in [1.54, 1.807) is 12.1 Å². The molecule has 0 saturated heterocycles. The van der Waals surface area contributed by atoms with Gasteiger partial charge in [-0.2, -0.15) is 0 Å². The SMILES string of the molecule is CCCCOc1c(Cl)cc(C(=O)Nc2nnc(CC(C)C)s2)cc1Cl. The van der Waals surface area contributed by atoms with Crippen molar-refractivity contribution in [2.45, 2.75) is 40.0 Å². The van der Waals surface area contributed by atoms with Crippen LogP contribution in [0.2, 0.25) is 10.0 Å². The van der Waals surface area contributed by atoms with Gasteiger partial charge in [-0.1, -0.05) is 61.7 Å². The quantitative estimate of drug-likeness (QED) is 0.595. The van der Waals surface area contributed by atoms with E-state index >= 15 is 0 Å². The second kappa shape index (κ2) is 9.36. The van der Waals surface area contributed by atoms with Crippen LogP contribution in [0.15, 0.2) is 12.1 Å². The van der Waals surface area contributed by atoms with E-state index in [1.807, 2.05) is 0 Å². The first-order valence-electron chi connectivity index (χ1n) is 8.16. The summed E-state index contributed by atoms with van der Waals surface area (Å²) in [6, 6.07) is 3.08. The van der Waals surface area contributed by atoms with E-state index in [-0.39, 0.29) is 5.91 Å². The van der Waals surface area contributed by atoms with Crippen LogP contribution in [-0.4, -0.2) is 22.7 Å². The van der Waals surface area contributed by atoms with Gasteiger partial charge in [-0.05, 0) is 24.5 Å². The van der Waals surface area contributed by atoms with Gasteiger partial charge >= 0.3 is 0 Å². The molecule has 8 heteroatoms. The molecule has 1 aromatic heterocycles. The van der Waals surface area contributed by atoms with Gasteiger partial charge in [0, 0.05) is 12.0 Å². The number of rotatable bonds is 8. The number of carbonyl (C=O) groups excluding carboxylic acids is 1. The van der Waals surface area contributed by atoms with Crippen molar-refractivity contribution in [2.24, 2.45) is 5.92 Å². The first-order valence-corrected chi connectivity index (χ1v) is 9.73. The van der Waals surface area contributed by atoms with Crippen molar-refractivity contribution in [3.8, 4) is 5.75 Å². The summed E-state index contributed by atoms with van der Waals surface area (Å²) in [6.07, 6.45) is 2.75. The van der Waals surface area contributed by atoms with Crippen molar-refractivity contribution in [3.05, 3.63) is 32.7 Å². The number of anilines is 1. The fourth-order valence-electron chi connectivity index (χ4n) is 2.05. The smallest absolute Gasteiger partial charge is 0.257 e. The molecule has 1 aromatic carbocycles. The number of carbonyl (C=O) groups is 1. The van der Waals surface area contributed by atoms with Crippen molar-refractivity contribution in [2.75, 3.05) is 11.9 Å². The minimum Gasteiger partial charge on any atom is -0.490 e. The second-order valence-corrected chi connectivity index (χ2v) is 7.90. The lowest BCUT2D eigenvalue weighted by Gasteiger charge is -2.11. The van der Waals surface area contributed by atoms with Gasteiger partial charge in [0.15, 0.2) is 5.75 Å². The summed E-state index contributed by atoms with van der Waals surface area (Å²) >= 11 is 13.8. The van der Waals surface area contributed by atoms with E-state index in [4.69, 9.17) is 27.9 Å². The maximum absolute atomic E-state index is 12.4. The highest BCUT2D eigenvalue weighted by molar-refractivity contribution is 7.15. The number of aromatic nitrogens is 2. The van der Waals surface area contributed by atoms with Crippen molar-refractivity contribution in [1.82, 2.24) is 10.2 Å². The summed E-state index contributed by atoms with van der Waals surface area (Å²) in [7, 11) is 0. The predicted molar refractivity (Wildman–Crippen MR) is 103 cm³/mol. The van der Waals surface area contributed by atoms with Crippen molar-refractivity contribution < 1.29 is 9.53 Å². The summed E-state index contributed by atoms with van der Waals surface area (Å²) in [5, 5.41) is 12.8. The Morgan fingerprint density at radius 3 is 2.56 bits per heavy atom. The van der Waals surface area contributed by atoms with Gasteiger partial charge in [0.2, 0.25) is 5.13 Å². The average molecular weight is 402 g/mol. The van der Waals surface area contributed by atoms with E-state index in [1.165, 1.54) is 11.3 Å². The monoisotopic (exact) mass is 401 g/mol. The number of nitrogens with one attached hydrogen (secondary N) is 1. The molecular formula is C17H21Cl2N3O2S. The van der Waals surface area contributed by atoms with Crippen LogP contribution in [0.4, 0.5) is 5.13 Å². The van der Waals surface area contributed by atoms with Crippen LogP contribution >= 0.6 is 34.5 Å². The predicted octanol–water partition coefficient (Wildman–Crippen LogP) is 5.47. The molecule has 0 fully saturated rings. The third kappa shape index (κ3) is 5.83. The van der Waals surface area contributed by atoms with Crippen LogP contribution in [0.25, 0.3) is 0 Å². The lowest BCUT2D eigenvalue weighted by atomic mass is 10.1. The zero-order valence-corrected chi connectivity index (χ0v) is 16.8. The number of halogens is 2. The third-order valence-electron chi connectivity index (χ3n) is 3.27. The Morgan fingerprint density at radius 2 is 1.96 bits per heavy atom. The van der Waals surface area contributed by atoms with Gasteiger partial charge in [-0.15, -0.1) is 10.2 Å². The van der Waals surface area contributed by atoms with Crippen LogP contribution in [0.5, 0.6) is 5.75 Å². The average Bonchev–Trinajstić information content (AvgIpc) is 2.96. The molecule has 1 N–H and O–H groups in total. The fraction of sp³-hybridized carbons (Fsp3) is 0.471. The van der Waals surface area contributed by atoms with Crippen LogP contribution in [0.1, 0.15) is 49.0 Å². The zero-order valence-electron chi connectivity index (χ0n) is 14.4. The summed E-state index contributed by atoms with van der Waals surface area (Å²) in [5.74, 6) is 0.550. The molecule has 0 saturated carbocycles. The highest BCUT2D eigenvalue weighted by atomic mass is 35.5. The molecule has 2 aromatic rings. The Bertz CT molecular complexity index is 711. The van der Waals surface area contributed by atoms with Crippen molar-refractivity contribution >= 4 is 45.6 Å². The summed E-state index contributed by atoms with van der Waals surface area (Å²) in [4.78, 5) is 12.4. The topological polar surface area (TPSA) is 64.1 Å². The van der Waals surface area contributed by atoms with Crippen LogP contribution in [-0.2, 0) is 6.42 Å². The third-order valence-corrected chi connectivity index (χ3v) is 4.70. The molecule has 0 spiro atoms. The van der Waals surface area contributed by atoms with E-state index in [9.17, 15) is 4.79 Å². The zero-order chi connectivity index (χ0) is 18.4. The Labute approximate surface area is 161 Å². The van der Waals surface area contributed by atoms with Crippen LogP contribution in [0, 0.1) is 5.92 Å². The number of hydrogen-bond donors (Lipinski definition) is 1. The minimum absolute atomic E-state index is 0.312. The van der Waals surface area contributed by atoms with E-state index in [2.05, 4.69) is 36.3 Å². The summed E-state index contributed by atoms with van der Waals surface area (Å²) in [5.41, 5.74) is 0.346. The molecule has 0 aliphatic carbocycles. The molecule has 1 heterocycles. The molecule has 0 atom stereocenters. The number of amides is 1. The number of hydrogen-bond acceptors (Lipinski definition) is 5. The first kappa shape index (κ1) is 19.9. The number of unbranched alkanes of at least 4 members (excludes halogenated alkanes) is 1. The molecule has 136 valence electrons. The maximum Gasteiger partial charge on any atom is 0.257 e. The normalized spacial score (nSPS) is 11.0. The Hall–Kier alpha value is -1.37. The summed E-state index contributed by atoms with van der Waals surface area (Å²) in [6.45, 7) is 6.81. The molecule has 1 amide bonds. The van der Waals surface area contributed by atoms with E-state index in [0.717, 1.165) is 24.3 Å². The van der Waals surface area contributed by atoms with Crippen LogP contribution in [0.3, 0.4) is 0 Å². The highest BCUT2D eigenvalue weighted by Crippen LogP contribution is 2.34. The van der Waals surface area contributed by atoms with Gasteiger partial charge in [0.1, 0.15) is 5.01 Å². The van der Waals surface area contributed by atoms with Crippen LogP contribution < -0.4 is 10.1 Å². The largest absolute Gasteiger partial charge is 0.490 e. The Kier molecular flexibility index (Phi) is 7.47. The molecular weight excluding hydrogens is 381 g/mol. The lowest BCUT2D eigenvalue weighted by Crippen LogP contribution is -2.12. The first-order chi connectivity index (χ1) is 11.9. The standard InChI is InChI=1S/C17H21Cl2N3O2S/c1-4-5-6-24-15-12(18)8-11(9-13(15)19)16(23)20-17-22-21-14(25-17)7-10(2)3/h8-10H,4-7H2,1-3H3,(H,20,22,23). The van der Waals surface area contributed by atoms with Crippen molar-refractivity contribution in [1.29, 1.82) is 0 Å². The molecule has 0 radical (unpaired) electrons. The molecule has 5 nitrogen and oxygen atoms in total. The van der Waals surface area contributed by atoms with E-state index in [0.29, 0.717) is 39.0 Å². The highest BCUT2D eigenvalue weighted by Gasteiger charge is 2.16. The van der Waals surface area contributed by atoms with E-state index < -0.39 is 0 Å². The molecule has 2 rings (SSSR count). The van der Waals surface area contributed by atoms with Gasteiger partial charge in [0.25, 0.3) is 5.91 Å². The molecule has 0 aliphatic heterocycles. The maximum atomic E-state index is 12.4. The van der Waals surface area contributed by atoms with Gasteiger partial charge in [0.05, 0.1) is 16.7 Å². The Balaban J connectivity index is 2.07. The van der Waals surface area contributed by atoms with Gasteiger partial charge in [-0.3, -0.25) is 10.1 Å². The number of nitrogens with zero attached hydrogens (tertiary/aromatic N) is 2. The van der Waals surface area contributed by atoms with Crippen molar-refractivity contribution in [3.63, 3.8) is 0 Å². The molecule has 0 unspecified atom stereocenters. The minimum atomic E-state index is -0.337. The summed E-state index contributed by atoms with van der Waals surface area (Å²) < 4.78 is 5.59. The van der Waals surface area contributed by atoms with Gasteiger partial charge < -0.3 is 4.74 Å². The number of benzene rings is 1. The number of ether oxygens (including phenoxy) is 1. The molecule has 25 heavy (non-hydrogen) atoms. The second-order valence-electron chi connectivity index (χ2n) is 6.02. The Morgan fingerprint density at radius 1 is 1.28 bits per heavy atom. The van der Waals surface area contributed by atoms with Gasteiger partial charge in [-0.25, -0.2) is 0 Å². The molecule has 0 aliphatic rings. The lowest BCUT2D eigenvalue weighted by molar-refractivity contribution is 0.102.